The van der Waals surface area contributed by atoms with Crippen molar-refractivity contribution in [2.75, 3.05) is 20.6 Å². The van der Waals surface area contributed by atoms with Gasteiger partial charge in [0.2, 0.25) is 11.8 Å². The highest BCUT2D eigenvalue weighted by atomic mass is 16.2. The number of likely N-dealkylation sites (tertiary alicyclic amines) is 1. The van der Waals surface area contributed by atoms with Crippen LogP contribution >= 0.6 is 0 Å². The van der Waals surface area contributed by atoms with Gasteiger partial charge < -0.3 is 15.5 Å². The molecule has 0 radical (unpaired) electrons. The van der Waals surface area contributed by atoms with Gasteiger partial charge in [0.1, 0.15) is 0 Å². The van der Waals surface area contributed by atoms with Crippen molar-refractivity contribution >= 4 is 11.8 Å². The second kappa shape index (κ2) is 7.99. The Bertz CT molecular complexity index is 612. The molecular formula is C18H31N5O2. The topological polar surface area (TPSA) is 84.5 Å². The molecule has 1 aromatic rings. The Hall–Kier alpha value is -1.89. The maximum Gasteiger partial charge on any atom is 0.227 e. The summed E-state index contributed by atoms with van der Waals surface area (Å²) in [5.74, 6) is 0.295. The van der Waals surface area contributed by atoms with Crippen LogP contribution in [0.15, 0.2) is 12.4 Å². The summed E-state index contributed by atoms with van der Waals surface area (Å²) in [6.07, 6.45) is 5.38. The van der Waals surface area contributed by atoms with Crippen molar-refractivity contribution in [1.82, 2.24) is 19.6 Å². The van der Waals surface area contributed by atoms with Crippen LogP contribution in [0.1, 0.15) is 44.7 Å². The summed E-state index contributed by atoms with van der Waals surface area (Å²) in [5, 5.41) is 4.21. The standard InChI is InChI=1S/C18H31N5O2/c1-12(2)15(19)8-9-21(3)18(25)14-6-7-16(24)23(5)17(14)13-10-20-22(4)11-13/h10-12,14-15,17H,6-9,19H2,1-5H3. The maximum absolute atomic E-state index is 13.0. The van der Waals surface area contributed by atoms with Crippen LogP contribution in [-0.2, 0) is 16.6 Å². The molecule has 2 heterocycles. The van der Waals surface area contributed by atoms with Gasteiger partial charge in [-0.3, -0.25) is 14.3 Å². The molecule has 0 aromatic carbocycles. The molecule has 0 aliphatic carbocycles. The number of aryl methyl sites for hydroxylation is 1. The fourth-order valence-electron chi connectivity index (χ4n) is 3.41. The minimum Gasteiger partial charge on any atom is -0.345 e. The first-order valence-electron chi connectivity index (χ1n) is 8.97. The Morgan fingerprint density at radius 1 is 1.44 bits per heavy atom. The van der Waals surface area contributed by atoms with Crippen molar-refractivity contribution in [1.29, 1.82) is 0 Å². The van der Waals surface area contributed by atoms with E-state index < -0.39 is 0 Å². The summed E-state index contributed by atoms with van der Waals surface area (Å²) in [7, 11) is 5.44. The zero-order chi connectivity index (χ0) is 18.7. The molecule has 1 saturated heterocycles. The van der Waals surface area contributed by atoms with Gasteiger partial charge in [0.25, 0.3) is 0 Å². The summed E-state index contributed by atoms with van der Waals surface area (Å²) in [4.78, 5) is 28.7. The van der Waals surface area contributed by atoms with Gasteiger partial charge in [-0.15, -0.1) is 0 Å². The second-order valence-corrected chi connectivity index (χ2v) is 7.50. The van der Waals surface area contributed by atoms with Crippen molar-refractivity contribution in [2.45, 2.75) is 45.2 Å². The van der Waals surface area contributed by atoms with E-state index in [1.54, 1.807) is 27.7 Å². The molecule has 1 fully saturated rings. The third kappa shape index (κ3) is 4.39. The molecule has 0 saturated carbocycles. The van der Waals surface area contributed by atoms with Crippen LogP contribution < -0.4 is 5.73 Å². The van der Waals surface area contributed by atoms with Gasteiger partial charge in [-0.25, -0.2) is 0 Å². The van der Waals surface area contributed by atoms with Crippen molar-refractivity contribution in [3.8, 4) is 0 Å². The van der Waals surface area contributed by atoms with Crippen LogP contribution in [0.2, 0.25) is 0 Å². The largest absolute Gasteiger partial charge is 0.345 e. The Morgan fingerprint density at radius 3 is 2.68 bits per heavy atom. The normalized spacial score (nSPS) is 22.4. The van der Waals surface area contributed by atoms with Gasteiger partial charge in [0.15, 0.2) is 0 Å². The number of carbonyl (C=O) groups is 2. The molecule has 7 heteroatoms. The molecule has 0 spiro atoms. The van der Waals surface area contributed by atoms with Crippen molar-refractivity contribution < 1.29 is 9.59 Å². The molecule has 2 N–H and O–H groups in total. The van der Waals surface area contributed by atoms with Crippen molar-refractivity contribution in [3.05, 3.63) is 18.0 Å². The van der Waals surface area contributed by atoms with E-state index in [0.717, 1.165) is 12.0 Å². The number of nitrogens with two attached hydrogens (primary N) is 1. The zero-order valence-electron chi connectivity index (χ0n) is 16.0. The van der Waals surface area contributed by atoms with E-state index in [0.29, 0.717) is 25.3 Å². The molecular weight excluding hydrogens is 318 g/mol. The van der Waals surface area contributed by atoms with Crippen molar-refractivity contribution in [2.24, 2.45) is 24.6 Å². The van der Waals surface area contributed by atoms with Gasteiger partial charge in [0, 0.05) is 51.9 Å². The number of hydrogen-bond acceptors (Lipinski definition) is 4. The highest BCUT2D eigenvalue weighted by molar-refractivity contribution is 5.84. The molecule has 1 aromatic heterocycles. The van der Waals surface area contributed by atoms with Crippen LogP contribution in [0.5, 0.6) is 0 Å². The van der Waals surface area contributed by atoms with Gasteiger partial charge in [0.05, 0.1) is 18.2 Å². The summed E-state index contributed by atoms with van der Waals surface area (Å²) >= 11 is 0. The van der Waals surface area contributed by atoms with E-state index in [1.807, 2.05) is 20.3 Å². The first-order chi connectivity index (χ1) is 11.7. The van der Waals surface area contributed by atoms with Gasteiger partial charge in [-0.05, 0) is 18.8 Å². The minimum absolute atomic E-state index is 0.0717. The number of piperidine rings is 1. The Kier molecular flexibility index (Phi) is 6.21. The van der Waals surface area contributed by atoms with Crippen LogP contribution in [0.4, 0.5) is 0 Å². The Labute approximate surface area is 150 Å². The molecule has 140 valence electrons. The number of hydrogen-bond donors (Lipinski definition) is 1. The minimum atomic E-state index is -0.260. The molecule has 1 aliphatic rings. The predicted molar refractivity (Wildman–Crippen MR) is 96.5 cm³/mol. The predicted octanol–water partition coefficient (Wildman–Crippen LogP) is 1.16. The summed E-state index contributed by atoms with van der Waals surface area (Å²) in [6, 6.07) is -0.177. The van der Waals surface area contributed by atoms with E-state index in [9.17, 15) is 9.59 Å². The monoisotopic (exact) mass is 349 g/mol. The smallest absolute Gasteiger partial charge is 0.227 e. The van der Waals surface area contributed by atoms with Crippen LogP contribution in [0.3, 0.4) is 0 Å². The number of nitrogens with zero attached hydrogens (tertiary/aromatic N) is 4. The van der Waals surface area contributed by atoms with E-state index in [2.05, 4.69) is 18.9 Å². The Morgan fingerprint density at radius 2 is 2.12 bits per heavy atom. The lowest BCUT2D eigenvalue weighted by Gasteiger charge is -2.39. The number of amides is 2. The van der Waals surface area contributed by atoms with Crippen LogP contribution in [0, 0.1) is 11.8 Å². The first kappa shape index (κ1) is 19.4. The summed E-state index contributed by atoms with van der Waals surface area (Å²) in [6.45, 7) is 4.81. The molecule has 3 atom stereocenters. The van der Waals surface area contributed by atoms with Crippen molar-refractivity contribution in [3.63, 3.8) is 0 Å². The van der Waals surface area contributed by atoms with E-state index in [1.165, 1.54) is 0 Å². The summed E-state index contributed by atoms with van der Waals surface area (Å²) < 4.78 is 1.70. The number of aromatic nitrogens is 2. The fourth-order valence-corrected chi connectivity index (χ4v) is 3.41. The number of carbonyl (C=O) groups excluding carboxylic acids is 2. The maximum atomic E-state index is 13.0. The van der Waals surface area contributed by atoms with E-state index in [-0.39, 0.29) is 29.8 Å². The second-order valence-electron chi connectivity index (χ2n) is 7.50. The average molecular weight is 349 g/mol. The molecule has 0 bridgehead atoms. The third-order valence-electron chi connectivity index (χ3n) is 5.27. The summed E-state index contributed by atoms with van der Waals surface area (Å²) in [5.41, 5.74) is 7.01. The van der Waals surface area contributed by atoms with E-state index >= 15 is 0 Å². The Balaban J connectivity index is 2.13. The van der Waals surface area contributed by atoms with E-state index in [4.69, 9.17) is 5.73 Å². The third-order valence-corrected chi connectivity index (χ3v) is 5.27. The molecule has 7 nitrogen and oxygen atoms in total. The highest BCUT2D eigenvalue weighted by Crippen LogP contribution is 2.36. The van der Waals surface area contributed by atoms with Gasteiger partial charge >= 0.3 is 0 Å². The van der Waals surface area contributed by atoms with Gasteiger partial charge in [-0.2, -0.15) is 5.10 Å². The fraction of sp³-hybridized carbons (Fsp3) is 0.722. The quantitative estimate of drug-likeness (QED) is 0.835. The average Bonchev–Trinajstić information content (AvgIpc) is 2.99. The lowest BCUT2D eigenvalue weighted by atomic mass is 9.84. The lowest BCUT2D eigenvalue weighted by Crippen LogP contribution is -2.47. The SMILES string of the molecule is CC(C)C(N)CCN(C)C(=O)C1CCC(=O)N(C)C1c1cnn(C)c1. The molecule has 2 rings (SSSR count). The molecule has 25 heavy (non-hydrogen) atoms. The lowest BCUT2D eigenvalue weighted by molar-refractivity contribution is -0.146. The molecule has 1 aliphatic heterocycles. The van der Waals surface area contributed by atoms with Crippen LogP contribution in [-0.4, -0.2) is 58.1 Å². The van der Waals surface area contributed by atoms with Gasteiger partial charge in [-0.1, -0.05) is 13.8 Å². The van der Waals surface area contributed by atoms with Crippen LogP contribution in [0.25, 0.3) is 0 Å². The molecule has 2 amide bonds. The molecule has 3 unspecified atom stereocenters. The highest BCUT2D eigenvalue weighted by Gasteiger charge is 2.40. The zero-order valence-corrected chi connectivity index (χ0v) is 16.0. The number of rotatable bonds is 6. The first-order valence-corrected chi connectivity index (χ1v) is 8.97.